The Morgan fingerprint density at radius 3 is 1.33 bits per heavy atom. The van der Waals surface area contributed by atoms with Crippen LogP contribution in [0.3, 0.4) is 0 Å². The molecule has 110 valence electrons. The van der Waals surface area contributed by atoms with Crippen molar-refractivity contribution in [1.82, 2.24) is 0 Å². The molecule has 2 heteroatoms. The molecule has 0 heterocycles. The number of rotatable bonds is 13. The first-order valence-corrected chi connectivity index (χ1v) is 10.5. The van der Waals surface area contributed by atoms with Gasteiger partial charge in [0.25, 0.3) is 0 Å². The molecule has 0 aliphatic heterocycles. The van der Waals surface area contributed by atoms with Gasteiger partial charge in [-0.2, -0.15) is 0 Å². The van der Waals surface area contributed by atoms with Gasteiger partial charge < -0.3 is 4.57 Å². The second-order valence-corrected chi connectivity index (χ2v) is 9.16. The highest BCUT2D eigenvalue weighted by Crippen LogP contribution is 2.48. The highest BCUT2D eigenvalue weighted by molar-refractivity contribution is 7.63. The van der Waals surface area contributed by atoms with E-state index in [0.717, 1.165) is 18.5 Å². The summed E-state index contributed by atoms with van der Waals surface area (Å²) >= 11 is 0. The largest absolute Gasteiger partial charge is 0.324 e. The van der Waals surface area contributed by atoms with Crippen molar-refractivity contribution in [3.05, 3.63) is 0 Å². The molecule has 18 heavy (non-hydrogen) atoms. The van der Waals surface area contributed by atoms with Gasteiger partial charge >= 0.3 is 0 Å². The summed E-state index contributed by atoms with van der Waals surface area (Å²) < 4.78 is 12.9. The molecule has 0 fully saturated rings. The average Bonchev–Trinajstić information content (AvgIpc) is 2.38. The van der Waals surface area contributed by atoms with Gasteiger partial charge in [-0.15, -0.1) is 0 Å². The van der Waals surface area contributed by atoms with Crippen molar-refractivity contribution < 1.29 is 4.57 Å². The Hall–Kier alpha value is 0.230. The van der Waals surface area contributed by atoms with Crippen LogP contribution in [0.5, 0.6) is 0 Å². The van der Waals surface area contributed by atoms with Crippen LogP contribution >= 0.6 is 7.14 Å². The quantitative estimate of drug-likeness (QED) is 0.284. The first kappa shape index (κ1) is 18.2. The molecule has 0 saturated carbocycles. The Kier molecular flexibility index (Phi) is 12.4. The molecule has 1 nitrogen and oxygen atoms in total. The van der Waals surface area contributed by atoms with E-state index in [2.05, 4.69) is 20.8 Å². The van der Waals surface area contributed by atoms with Gasteiger partial charge in [0.1, 0.15) is 0 Å². The van der Waals surface area contributed by atoms with Crippen LogP contribution in [0.4, 0.5) is 0 Å². The van der Waals surface area contributed by atoms with Crippen LogP contribution in [0.15, 0.2) is 0 Å². The highest BCUT2D eigenvalue weighted by atomic mass is 31.2. The minimum Gasteiger partial charge on any atom is -0.324 e. The molecule has 0 radical (unpaired) electrons. The number of hydrogen-bond donors (Lipinski definition) is 0. The lowest BCUT2D eigenvalue weighted by Gasteiger charge is -2.18. The smallest absolute Gasteiger partial charge is 0.0877 e. The van der Waals surface area contributed by atoms with Crippen LogP contribution in [0.1, 0.15) is 85.0 Å². The molecule has 0 aliphatic rings. The SMILES string of the molecule is CCCCCCP(=O)(CCCC)CCCCCC. The van der Waals surface area contributed by atoms with Crippen LogP contribution in [-0.2, 0) is 4.57 Å². The van der Waals surface area contributed by atoms with Crippen LogP contribution in [0.25, 0.3) is 0 Å². The van der Waals surface area contributed by atoms with E-state index < -0.39 is 7.14 Å². The van der Waals surface area contributed by atoms with E-state index >= 15 is 0 Å². The molecular weight excluding hydrogens is 239 g/mol. The van der Waals surface area contributed by atoms with Crippen LogP contribution in [0, 0.1) is 0 Å². The fourth-order valence-electron chi connectivity index (χ4n) is 2.44. The summed E-state index contributed by atoms with van der Waals surface area (Å²) in [5, 5.41) is 0. The topological polar surface area (TPSA) is 17.1 Å². The zero-order chi connectivity index (χ0) is 13.7. The molecule has 0 spiro atoms. The molecule has 0 aromatic rings. The van der Waals surface area contributed by atoms with E-state index in [1.165, 1.54) is 64.2 Å². The third-order valence-electron chi connectivity index (χ3n) is 3.76. The maximum atomic E-state index is 12.9. The molecule has 0 amide bonds. The molecular formula is C16H35OP. The summed E-state index contributed by atoms with van der Waals surface area (Å²) in [5.74, 6) is 0. The van der Waals surface area contributed by atoms with Crippen molar-refractivity contribution >= 4 is 7.14 Å². The molecule has 0 aromatic heterocycles. The number of unbranched alkanes of at least 4 members (excludes halogenated alkanes) is 7. The molecule has 0 bridgehead atoms. The zero-order valence-electron chi connectivity index (χ0n) is 13.0. The fraction of sp³-hybridized carbons (Fsp3) is 1.00. The van der Waals surface area contributed by atoms with Crippen LogP contribution in [-0.4, -0.2) is 18.5 Å². The normalized spacial score (nSPS) is 11.9. The summed E-state index contributed by atoms with van der Waals surface area (Å²) in [7, 11) is -1.82. The van der Waals surface area contributed by atoms with Crippen molar-refractivity contribution in [3.8, 4) is 0 Å². The standard InChI is InChI=1S/C16H35OP/c1-4-7-10-12-15-18(17,14-9-6-3)16-13-11-8-5-2/h4-16H2,1-3H3. The Balaban J connectivity index is 3.95. The maximum absolute atomic E-state index is 12.9. The van der Waals surface area contributed by atoms with Gasteiger partial charge in [0.05, 0.1) is 7.14 Å². The summed E-state index contributed by atoms with van der Waals surface area (Å²) in [6.07, 6.45) is 15.5. The van der Waals surface area contributed by atoms with Gasteiger partial charge in [-0.3, -0.25) is 0 Å². The average molecular weight is 274 g/mol. The summed E-state index contributed by atoms with van der Waals surface area (Å²) in [5.41, 5.74) is 0. The predicted molar refractivity (Wildman–Crippen MR) is 85.4 cm³/mol. The lowest BCUT2D eigenvalue weighted by Crippen LogP contribution is -2.01. The molecule has 0 atom stereocenters. The second kappa shape index (κ2) is 12.3. The van der Waals surface area contributed by atoms with Gasteiger partial charge in [-0.05, 0) is 19.3 Å². The van der Waals surface area contributed by atoms with Crippen molar-refractivity contribution in [1.29, 1.82) is 0 Å². The minimum atomic E-state index is -1.82. The van der Waals surface area contributed by atoms with Gasteiger partial charge in [-0.25, -0.2) is 0 Å². The van der Waals surface area contributed by atoms with E-state index in [4.69, 9.17) is 0 Å². The maximum Gasteiger partial charge on any atom is 0.0877 e. The Morgan fingerprint density at radius 2 is 0.944 bits per heavy atom. The lowest BCUT2D eigenvalue weighted by atomic mass is 10.2. The Labute approximate surface area is 116 Å². The Bertz CT molecular complexity index is 197. The van der Waals surface area contributed by atoms with Gasteiger partial charge in [0.15, 0.2) is 0 Å². The Morgan fingerprint density at radius 1 is 0.556 bits per heavy atom. The monoisotopic (exact) mass is 274 g/mol. The van der Waals surface area contributed by atoms with Crippen LogP contribution in [0.2, 0.25) is 0 Å². The van der Waals surface area contributed by atoms with Crippen molar-refractivity contribution in [2.45, 2.75) is 85.0 Å². The second-order valence-electron chi connectivity index (χ2n) is 5.70. The first-order valence-electron chi connectivity index (χ1n) is 8.25. The minimum absolute atomic E-state index is 1.02. The van der Waals surface area contributed by atoms with Crippen molar-refractivity contribution in [3.63, 3.8) is 0 Å². The van der Waals surface area contributed by atoms with Gasteiger partial charge in [0, 0.05) is 18.5 Å². The third kappa shape index (κ3) is 10.2. The molecule has 0 aromatic carbocycles. The van der Waals surface area contributed by atoms with Gasteiger partial charge in [-0.1, -0.05) is 65.7 Å². The fourth-order valence-corrected chi connectivity index (χ4v) is 5.60. The molecule has 0 N–H and O–H groups in total. The highest BCUT2D eigenvalue weighted by Gasteiger charge is 2.20. The van der Waals surface area contributed by atoms with Gasteiger partial charge in [0.2, 0.25) is 0 Å². The summed E-state index contributed by atoms with van der Waals surface area (Å²) in [6.45, 7) is 6.68. The van der Waals surface area contributed by atoms with E-state index in [0.29, 0.717) is 0 Å². The van der Waals surface area contributed by atoms with Crippen LogP contribution < -0.4 is 0 Å². The van der Waals surface area contributed by atoms with E-state index in [1.54, 1.807) is 0 Å². The van der Waals surface area contributed by atoms with Crippen molar-refractivity contribution in [2.75, 3.05) is 18.5 Å². The zero-order valence-corrected chi connectivity index (χ0v) is 13.9. The van der Waals surface area contributed by atoms with E-state index in [1.807, 2.05) is 0 Å². The molecule has 0 saturated heterocycles. The summed E-state index contributed by atoms with van der Waals surface area (Å²) in [4.78, 5) is 0. The number of hydrogen-bond acceptors (Lipinski definition) is 1. The van der Waals surface area contributed by atoms with E-state index in [-0.39, 0.29) is 0 Å². The molecule has 0 unspecified atom stereocenters. The molecule has 0 aliphatic carbocycles. The predicted octanol–water partition coefficient (Wildman–Crippen LogP) is 6.31. The summed E-state index contributed by atoms with van der Waals surface area (Å²) in [6, 6.07) is 0. The van der Waals surface area contributed by atoms with Crippen molar-refractivity contribution in [2.24, 2.45) is 0 Å². The van der Waals surface area contributed by atoms with E-state index in [9.17, 15) is 4.57 Å². The third-order valence-corrected chi connectivity index (χ3v) is 7.15. The molecule has 0 rings (SSSR count). The lowest BCUT2D eigenvalue weighted by molar-refractivity contribution is 0.563. The first-order chi connectivity index (χ1) is 8.68.